The van der Waals surface area contributed by atoms with Crippen LogP contribution in [-0.2, 0) is 0 Å². The standard InChI is InChI=1S/C44H34N4O/c1-3-30-16-10-15-25-40(30)49-48-29-33(26-27-41(48)45-2)42-34-21-11-13-23-36(34)43(37-24-14-12-22-35(37)42)44-46-38(31-17-6-4-7-18-31)28-39(47-44)32-19-8-5-9-20-32/h3-29,44,46H,1H2,2H3/b45-41-. The summed E-state index contributed by atoms with van der Waals surface area (Å²) in [4.78, 5) is 16.3. The van der Waals surface area contributed by atoms with Crippen LogP contribution in [0.5, 0.6) is 5.75 Å². The molecular weight excluding hydrogens is 601 g/mol. The molecule has 0 fully saturated rings. The number of para-hydroxylation sites is 1. The van der Waals surface area contributed by atoms with Gasteiger partial charge in [0.05, 0.1) is 11.9 Å². The van der Waals surface area contributed by atoms with Crippen LogP contribution in [0.1, 0.15) is 28.4 Å². The third-order valence-electron chi connectivity index (χ3n) is 8.99. The van der Waals surface area contributed by atoms with E-state index in [1.807, 2.05) is 48.7 Å². The molecule has 1 aromatic heterocycles. The topological polar surface area (TPSA) is 50.9 Å². The maximum atomic E-state index is 6.45. The first-order valence-electron chi connectivity index (χ1n) is 16.4. The molecule has 5 nitrogen and oxygen atoms in total. The summed E-state index contributed by atoms with van der Waals surface area (Å²) in [6.07, 6.45) is 5.65. The first kappa shape index (κ1) is 29.9. The molecule has 1 aliphatic rings. The van der Waals surface area contributed by atoms with E-state index in [1.54, 1.807) is 17.9 Å². The van der Waals surface area contributed by atoms with E-state index >= 15 is 0 Å². The van der Waals surface area contributed by atoms with E-state index in [0.717, 1.165) is 66.3 Å². The highest BCUT2D eigenvalue weighted by Crippen LogP contribution is 2.43. The van der Waals surface area contributed by atoms with E-state index in [1.165, 1.54) is 0 Å². The van der Waals surface area contributed by atoms with Gasteiger partial charge in [-0.25, -0.2) is 0 Å². The monoisotopic (exact) mass is 634 g/mol. The minimum Gasteiger partial charge on any atom is -0.373 e. The van der Waals surface area contributed by atoms with Gasteiger partial charge in [0.25, 0.3) is 0 Å². The second-order valence-electron chi connectivity index (χ2n) is 11.9. The number of rotatable bonds is 7. The van der Waals surface area contributed by atoms with E-state index in [2.05, 4.69) is 126 Å². The Balaban J connectivity index is 1.34. The summed E-state index contributed by atoms with van der Waals surface area (Å²) in [6, 6.07) is 50.1. The summed E-state index contributed by atoms with van der Waals surface area (Å²) in [5, 5.41) is 8.34. The molecule has 5 heteroatoms. The van der Waals surface area contributed by atoms with Crippen LogP contribution in [0, 0.1) is 0 Å². The highest BCUT2D eigenvalue weighted by molar-refractivity contribution is 6.17. The van der Waals surface area contributed by atoms with Crippen molar-refractivity contribution < 1.29 is 4.84 Å². The Morgan fingerprint density at radius 3 is 1.92 bits per heavy atom. The number of aromatic nitrogens is 1. The van der Waals surface area contributed by atoms with Crippen LogP contribution in [0.25, 0.3) is 44.4 Å². The zero-order valence-corrected chi connectivity index (χ0v) is 27.1. The van der Waals surface area contributed by atoms with Crippen LogP contribution in [0.3, 0.4) is 0 Å². The maximum absolute atomic E-state index is 6.45. The molecule has 1 unspecified atom stereocenters. The molecule has 0 aliphatic carbocycles. The van der Waals surface area contributed by atoms with Crippen LogP contribution in [0.2, 0.25) is 0 Å². The van der Waals surface area contributed by atoms with Crippen molar-refractivity contribution in [2.24, 2.45) is 9.98 Å². The second kappa shape index (κ2) is 13.0. The Morgan fingerprint density at radius 2 is 1.27 bits per heavy atom. The van der Waals surface area contributed by atoms with E-state index in [4.69, 9.17) is 9.83 Å². The number of hydrogen-bond acceptors (Lipinski definition) is 4. The predicted octanol–water partition coefficient (Wildman–Crippen LogP) is 9.61. The number of fused-ring (bicyclic) bond motifs is 2. The highest BCUT2D eigenvalue weighted by atomic mass is 16.7. The van der Waals surface area contributed by atoms with Crippen molar-refractivity contribution in [3.8, 4) is 16.9 Å². The fourth-order valence-corrected chi connectivity index (χ4v) is 6.70. The fraction of sp³-hybridized carbons (Fsp3) is 0.0455. The maximum Gasteiger partial charge on any atom is 0.163 e. The summed E-state index contributed by atoms with van der Waals surface area (Å²) in [6.45, 7) is 3.97. The molecule has 8 rings (SSSR count). The number of nitrogens with one attached hydrogen (secondary N) is 1. The van der Waals surface area contributed by atoms with E-state index in [9.17, 15) is 0 Å². The molecule has 0 saturated heterocycles. The number of nitrogens with zero attached hydrogens (tertiary/aromatic N) is 3. The van der Waals surface area contributed by atoms with E-state index in [0.29, 0.717) is 11.2 Å². The summed E-state index contributed by atoms with van der Waals surface area (Å²) < 4.78 is 1.74. The minimum atomic E-state index is -0.329. The highest BCUT2D eigenvalue weighted by Gasteiger charge is 2.25. The summed E-state index contributed by atoms with van der Waals surface area (Å²) >= 11 is 0. The third kappa shape index (κ3) is 5.62. The molecule has 0 amide bonds. The molecule has 0 spiro atoms. The first-order chi connectivity index (χ1) is 24.2. The summed E-state index contributed by atoms with van der Waals surface area (Å²) in [7, 11) is 1.77. The summed E-state index contributed by atoms with van der Waals surface area (Å²) in [5.41, 5.74) is 9.04. The number of hydrogen-bond donors (Lipinski definition) is 1. The Labute approximate surface area is 285 Å². The second-order valence-corrected chi connectivity index (χ2v) is 11.9. The van der Waals surface area contributed by atoms with Gasteiger partial charge in [-0.1, -0.05) is 140 Å². The molecule has 0 bridgehead atoms. The normalized spacial score (nSPS) is 14.6. The van der Waals surface area contributed by atoms with Crippen LogP contribution in [0.15, 0.2) is 174 Å². The van der Waals surface area contributed by atoms with Crippen molar-refractivity contribution in [1.82, 2.24) is 10.0 Å². The number of pyridine rings is 1. The molecule has 1 N–H and O–H groups in total. The molecule has 1 aliphatic heterocycles. The Morgan fingerprint density at radius 1 is 0.673 bits per heavy atom. The molecule has 6 aromatic carbocycles. The van der Waals surface area contributed by atoms with Crippen molar-refractivity contribution in [3.63, 3.8) is 0 Å². The van der Waals surface area contributed by atoms with Gasteiger partial charge < -0.3 is 10.2 Å². The number of aliphatic imine (C=N–C) groups is 1. The quantitative estimate of drug-likeness (QED) is 0.178. The molecule has 1 atom stereocenters. The van der Waals surface area contributed by atoms with Gasteiger partial charge in [-0.2, -0.15) is 4.73 Å². The Bertz CT molecular complexity index is 2420. The SMILES string of the molecule is C=Cc1ccccc1On1cc(-c2c3ccccc3c(C3N=C(c4ccccc4)C=C(c4ccccc4)N3)c3ccccc23)cc/c1=N/C. The third-order valence-corrected chi connectivity index (χ3v) is 8.99. The molecule has 236 valence electrons. The van der Waals surface area contributed by atoms with E-state index in [-0.39, 0.29) is 6.17 Å². The van der Waals surface area contributed by atoms with Crippen LogP contribution < -0.4 is 15.6 Å². The largest absolute Gasteiger partial charge is 0.373 e. The average Bonchev–Trinajstić information content (AvgIpc) is 3.17. The van der Waals surface area contributed by atoms with Crippen molar-refractivity contribution in [3.05, 3.63) is 192 Å². The van der Waals surface area contributed by atoms with Gasteiger partial charge >= 0.3 is 0 Å². The van der Waals surface area contributed by atoms with E-state index < -0.39 is 0 Å². The lowest BCUT2D eigenvalue weighted by Gasteiger charge is -2.28. The van der Waals surface area contributed by atoms with Crippen LogP contribution >= 0.6 is 0 Å². The number of benzene rings is 6. The molecule has 0 radical (unpaired) electrons. The van der Waals surface area contributed by atoms with Gasteiger partial charge in [0.2, 0.25) is 0 Å². The van der Waals surface area contributed by atoms with Gasteiger partial charge in [-0.3, -0.25) is 9.98 Å². The first-order valence-corrected chi connectivity index (χ1v) is 16.4. The lowest BCUT2D eigenvalue weighted by Crippen LogP contribution is -2.25. The van der Waals surface area contributed by atoms with Gasteiger partial charge in [0.15, 0.2) is 11.2 Å². The smallest absolute Gasteiger partial charge is 0.163 e. The van der Waals surface area contributed by atoms with Crippen molar-refractivity contribution in [1.29, 1.82) is 0 Å². The Kier molecular flexibility index (Phi) is 7.92. The van der Waals surface area contributed by atoms with Crippen LogP contribution in [0.4, 0.5) is 0 Å². The van der Waals surface area contributed by atoms with Gasteiger partial charge in [-0.15, -0.1) is 0 Å². The van der Waals surface area contributed by atoms with Crippen molar-refractivity contribution in [2.75, 3.05) is 7.05 Å². The van der Waals surface area contributed by atoms with Crippen LogP contribution in [-0.4, -0.2) is 17.5 Å². The zero-order chi connectivity index (χ0) is 33.2. The predicted molar refractivity (Wildman–Crippen MR) is 202 cm³/mol. The molecule has 49 heavy (non-hydrogen) atoms. The lowest BCUT2D eigenvalue weighted by atomic mass is 9.87. The van der Waals surface area contributed by atoms with Gasteiger partial charge in [0, 0.05) is 29.4 Å². The average molecular weight is 635 g/mol. The van der Waals surface area contributed by atoms with Crippen molar-refractivity contribution in [2.45, 2.75) is 6.17 Å². The number of allylic oxidation sites excluding steroid dienone is 1. The fourth-order valence-electron chi connectivity index (χ4n) is 6.70. The lowest BCUT2D eigenvalue weighted by molar-refractivity contribution is 0.201. The molecule has 7 aromatic rings. The van der Waals surface area contributed by atoms with Crippen molar-refractivity contribution >= 4 is 39.0 Å². The van der Waals surface area contributed by atoms with Gasteiger partial charge in [-0.05, 0) is 62.5 Å². The Hall–Kier alpha value is -6.46. The minimum absolute atomic E-state index is 0.329. The molecular formula is C44H34N4O. The van der Waals surface area contributed by atoms with Gasteiger partial charge in [0.1, 0.15) is 6.17 Å². The zero-order valence-electron chi connectivity index (χ0n) is 27.1. The summed E-state index contributed by atoms with van der Waals surface area (Å²) in [5.74, 6) is 0.701. The molecule has 0 saturated carbocycles. The molecule has 2 heterocycles.